The van der Waals surface area contributed by atoms with Crippen molar-refractivity contribution in [3.8, 4) is 0 Å². The molecule has 0 saturated heterocycles. The van der Waals surface area contributed by atoms with Crippen LogP contribution in [-0.4, -0.2) is 15.8 Å². The van der Waals surface area contributed by atoms with Crippen LogP contribution >= 0.6 is 22.7 Å². The first-order valence-corrected chi connectivity index (χ1v) is 5.35. The molecular weight excluding hydrogens is 204 g/mol. The van der Waals surface area contributed by atoms with Gasteiger partial charge in [0, 0.05) is 30.1 Å². The van der Waals surface area contributed by atoms with Crippen LogP contribution in [0.25, 0.3) is 0 Å². The third-order valence-corrected chi connectivity index (χ3v) is 2.48. The van der Waals surface area contributed by atoms with Gasteiger partial charge in [-0.3, -0.25) is 9.78 Å². The van der Waals surface area contributed by atoms with Crippen molar-refractivity contribution >= 4 is 28.5 Å². The lowest BCUT2D eigenvalue weighted by Crippen LogP contribution is -1.87. The SMILES string of the molecule is CC(=O)c1nccs1.c1cscn1. The summed E-state index contributed by atoms with van der Waals surface area (Å²) in [6.07, 6.45) is 3.39. The molecule has 0 radical (unpaired) electrons. The third kappa shape index (κ3) is 3.91. The Morgan fingerprint density at radius 2 is 2.23 bits per heavy atom. The minimum atomic E-state index is 0.0417. The summed E-state index contributed by atoms with van der Waals surface area (Å²) in [5, 5.41) is 4.31. The molecule has 3 nitrogen and oxygen atoms in total. The second-order valence-electron chi connectivity index (χ2n) is 2.07. The predicted molar refractivity (Wildman–Crippen MR) is 54.2 cm³/mol. The summed E-state index contributed by atoms with van der Waals surface area (Å²) in [5.41, 5.74) is 1.79. The Morgan fingerprint density at radius 3 is 2.46 bits per heavy atom. The summed E-state index contributed by atoms with van der Waals surface area (Å²) in [5.74, 6) is 0.0417. The lowest BCUT2D eigenvalue weighted by Gasteiger charge is -1.78. The van der Waals surface area contributed by atoms with Gasteiger partial charge in [0.2, 0.25) is 0 Å². The zero-order valence-electron chi connectivity index (χ0n) is 7.01. The number of thiazole rings is 2. The summed E-state index contributed by atoms with van der Waals surface area (Å²) in [6, 6.07) is 0. The maximum atomic E-state index is 10.5. The van der Waals surface area contributed by atoms with E-state index in [4.69, 9.17) is 0 Å². The van der Waals surface area contributed by atoms with Crippen molar-refractivity contribution < 1.29 is 4.79 Å². The summed E-state index contributed by atoms with van der Waals surface area (Å²) in [7, 11) is 0. The molecule has 2 heterocycles. The van der Waals surface area contributed by atoms with Crippen molar-refractivity contribution in [3.63, 3.8) is 0 Å². The average molecular weight is 212 g/mol. The number of Topliss-reactive ketones (excluding diaryl/α,β-unsaturated/α-hetero) is 1. The third-order valence-electron chi connectivity index (χ3n) is 1.08. The number of carbonyl (C=O) groups is 1. The van der Waals surface area contributed by atoms with Gasteiger partial charge in [0.15, 0.2) is 10.8 Å². The summed E-state index contributed by atoms with van der Waals surface area (Å²) >= 11 is 2.97. The molecule has 68 valence electrons. The van der Waals surface area contributed by atoms with E-state index in [0.29, 0.717) is 5.01 Å². The normalized spacial score (nSPS) is 8.69. The molecule has 5 heteroatoms. The number of aromatic nitrogens is 2. The molecule has 13 heavy (non-hydrogen) atoms. The quantitative estimate of drug-likeness (QED) is 0.682. The fourth-order valence-corrected chi connectivity index (χ4v) is 1.46. The van der Waals surface area contributed by atoms with E-state index >= 15 is 0 Å². The van der Waals surface area contributed by atoms with Gasteiger partial charge in [0.25, 0.3) is 0 Å². The van der Waals surface area contributed by atoms with E-state index in [1.54, 1.807) is 34.6 Å². The molecule has 0 unspecified atom stereocenters. The van der Waals surface area contributed by atoms with Crippen LogP contribution in [0.5, 0.6) is 0 Å². The van der Waals surface area contributed by atoms with Gasteiger partial charge in [-0.05, 0) is 0 Å². The Kier molecular flexibility index (Phi) is 4.28. The molecule has 0 saturated carbocycles. The van der Waals surface area contributed by atoms with Gasteiger partial charge in [-0.2, -0.15) is 0 Å². The highest BCUT2D eigenvalue weighted by atomic mass is 32.1. The lowest BCUT2D eigenvalue weighted by atomic mass is 10.5. The van der Waals surface area contributed by atoms with E-state index in [0.717, 1.165) is 0 Å². The first-order chi connectivity index (χ1) is 6.30. The van der Waals surface area contributed by atoms with Crippen molar-refractivity contribution in [2.45, 2.75) is 6.92 Å². The number of ketones is 1. The van der Waals surface area contributed by atoms with Crippen molar-refractivity contribution in [2.24, 2.45) is 0 Å². The molecule has 0 spiro atoms. The molecule has 0 bridgehead atoms. The number of hydrogen-bond acceptors (Lipinski definition) is 5. The Bertz CT molecular complexity index is 312. The highest BCUT2D eigenvalue weighted by Gasteiger charge is 1.97. The van der Waals surface area contributed by atoms with Crippen molar-refractivity contribution in [1.29, 1.82) is 0 Å². The summed E-state index contributed by atoms with van der Waals surface area (Å²) in [4.78, 5) is 18.0. The van der Waals surface area contributed by atoms with Gasteiger partial charge < -0.3 is 0 Å². The zero-order chi connectivity index (χ0) is 9.52. The highest BCUT2D eigenvalue weighted by Crippen LogP contribution is 2.02. The van der Waals surface area contributed by atoms with Crippen molar-refractivity contribution in [1.82, 2.24) is 9.97 Å². The van der Waals surface area contributed by atoms with E-state index < -0.39 is 0 Å². The minimum absolute atomic E-state index is 0.0417. The van der Waals surface area contributed by atoms with Gasteiger partial charge in [0.1, 0.15) is 0 Å². The standard InChI is InChI=1S/C5H5NOS.C3H3NS/c1-4(7)5-6-2-3-8-5;1-2-5-3-4-1/h2-3H,1H3;1-3H. The first kappa shape index (κ1) is 10.0. The molecule has 0 aliphatic carbocycles. The zero-order valence-corrected chi connectivity index (χ0v) is 8.64. The first-order valence-electron chi connectivity index (χ1n) is 3.53. The van der Waals surface area contributed by atoms with E-state index in [-0.39, 0.29) is 5.78 Å². The van der Waals surface area contributed by atoms with Crippen LogP contribution in [0.1, 0.15) is 16.7 Å². The topological polar surface area (TPSA) is 42.9 Å². The smallest absolute Gasteiger partial charge is 0.188 e. The maximum absolute atomic E-state index is 10.5. The number of rotatable bonds is 1. The van der Waals surface area contributed by atoms with Gasteiger partial charge in [-0.25, -0.2) is 4.98 Å². The van der Waals surface area contributed by atoms with E-state index in [2.05, 4.69) is 9.97 Å². The molecule has 0 aromatic carbocycles. The Morgan fingerprint density at radius 1 is 1.38 bits per heavy atom. The second kappa shape index (κ2) is 5.55. The molecule has 0 aliphatic rings. The molecule has 0 amide bonds. The molecule has 0 fully saturated rings. The van der Waals surface area contributed by atoms with Crippen LogP contribution < -0.4 is 0 Å². The number of hydrogen-bond donors (Lipinski definition) is 0. The maximum Gasteiger partial charge on any atom is 0.188 e. The second-order valence-corrected chi connectivity index (χ2v) is 3.72. The van der Waals surface area contributed by atoms with Crippen LogP contribution in [0.4, 0.5) is 0 Å². The molecule has 2 aromatic rings. The summed E-state index contributed by atoms with van der Waals surface area (Å²) in [6.45, 7) is 1.51. The van der Waals surface area contributed by atoms with Crippen LogP contribution in [0, 0.1) is 0 Å². The largest absolute Gasteiger partial charge is 0.292 e. The fourth-order valence-electron chi connectivity index (χ4n) is 0.573. The van der Waals surface area contributed by atoms with Crippen molar-refractivity contribution in [2.75, 3.05) is 0 Å². The Labute approximate surface area is 84.1 Å². The van der Waals surface area contributed by atoms with Crippen LogP contribution in [0.15, 0.2) is 28.7 Å². The van der Waals surface area contributed by atoms with Gasteiger partial charge in [0.05, 0.1) is 5.51 Å². The van der Waals surface area contributed by atoms with Gasteiger partial charge >= 0.3 is 0 Å². The van der Waals surface area contributed by atoms with Crippen LogP contribution in [0.2, 0.25) is 0 Å². The molecule has 0 atom stereocenters. The highest BCUT2D eigenvalue weighted by molar-refractivity contribution is 7.11. The fraction of sp³-hybridized carbons (Fsp3) is 0.125. The van der Waals surface area contributed by atoms with Crippen molar-refractivity contribution in [3.05, 3.63) is 33.7 Å². The Hall–Kier alpha value is -1.07. The molecule has 0 aliphatic heterocycles. The molecule has 2 aromatic heterocycles. The number of nitrogens with zero attached hydrogens (tertiary/aromatic N) is 2. The van der Waals surface area contributed by atoms with Gasteiger partial charge in [-0.1, -0.05) is 0 Å². The molecule has 0 N–H and O–H groups in total. The lowest BCUT2D eigenvalue weighted by molar-refractivity contribution is 0.101. The van der Waals surface area contributed by atoms with E-state index in [1.165, 1.54) is 18.3 Å². The average Bonchev–Trinajstić information content (AvgIpc) is 2.82. The molecule has 2 rings (SSSR count). The van der Waals surface area contributed by atoms with E-state index in [1.807, 2.05) is 5.38 Å². The molecular formula is C8H8N2OS2. The summed E-state index contributed by atoms with van der Waals surface area (Å²) < 4.78 is 0. The minimum Gasteiger partial charge on any atom is -0.292 e. The monoisotopic (exact) mass is 212 g/mol. The number of carbonyl (C=O) groups excluding carboxylic acids is 1. The predicted octanol–water partition coefficient (Wildman–Crippen LogP) is 2.49. The van der Waals surface area contributed by atoms with Crippen LogP contribution in [-0.2, 0) is 0 Å². The van der Waals surface area contributed by atoms with Gasteiger partial charge in [-0.15, -0.1) is 22.7 Å². The Balaban J connectivity index is 0.000000145. The van der Waals surface area contributed by atoms with E-state index in [9.17, 15) is 4.79 Å². The van der Waals surface area contributed by atoms with Crippen LogP contribution in [0.3, 0.4) is 0 Å².